The van der Waals surface area contributed by atoms with Crippen LogP contribution in [0.25, 0.3) is 0 Å². The highest BCUT2D eigenvalue weighted by Crippen LogP contribution is 2.58. The largest absolute Gasteiger partial charge is 0.343 e. The summed E-state index contributed by atoms with van der Waals surface area (Å²) in [6.45, 7) is 12.1. The lowest BCUT2D eigenvalue weighted by Crippen LogP contribution is -2.53. The third kappa shape index (κ3) is 3.64. The molecule has 30 heavy (non-hydrogen) atoms. The molecule has 164 valence electrons. The molecule has 3 saturated heterocycles. The minimum atomic E-state index is -0.293. The Morgan fingerprint density at radius 3 is 2.53 bits per heavy atom. The van der Waals surface area contributed by atoms with Crippen LogP contribution in [0.4, 0.5) is 0 Å². The second-order valence-electron chi connectivity index (χ2n) is 9.98. The van der Waals surface area contributed by atoms with E-state index in [-0.39, 0.29) is 16.7 Å². The predicted molar refractivity (Wildman–Crippen MR) is 117 cm³/mol. The molecule has 3 fully saturated rings. The molecule has 1 atom stereocenters. The number of hydrogen-bond acceptors (Lipinski definition) is 4. The summed E-state index contributed by atoms with van der Waals surface area (Å²) >= 11 is 0. The van der Waals surface area contributed by atoms with Gasteiger partial charge in [-0.25, -0.2) is 0 Å². The standard InChI is InChI=1S/C24H36N4O2/c1-4-27-13-9-24(22(27)30)18-26(16-20-6-5-10-25-15-20)17-23(24)7-11-28(12-8-23)21(29)14-19(2)3/h5-6,10,15,19H,4,7-9,11-14,16-18H2,1-3H3. The Balaban J connectivity index is 1.55. The van der Waals surface area contributed by atoms with Crippen molar-refractivity contribution < 1.29 is 9.59 Å². The number of fused-ring (bicyclic) bond motifs is 1. The van der Waals surface area contributed by atoms with Crippen LogP contribution >= 0.6 is 0 Å². The highest BCUT2D eigenvalue weighted by atomic mass is 16.2. The SMILES string of the molecule is CCN1CCC2(CN(Cc3cccnc3)CC23CCN(C(=O)CC(C)C)CC3)C1=O. The van der Waals surface area contributed by atoms with Gasteiger partial charge >= 0.3 is 0 Å². The summed E-state index contributed by atoms with van der Waals surface area (Å²) in [6, 6.07) is 4.10. The second-order valence-corrected chi connectivity index (χ2v) is 9.98. The zero-order valence-electron chi connectivity index (χ0n) is 18.8. The lowest BCUT2D eigenvalue weighted by molar-refractivity contribution is -0.144. The molecule has 0 saturated carbocycles. The average molecular weight is 413 g/mol. The van der Waals surface area contributed by atoms with Crippen molar-refractivity contribution in [2.24, 2.45) is 16.7 Å². The molecule has 3 aliphatic rings. The molecule has 4 heterocycles. The fourth-order valence-electron chi connectivity index (χ4n) is 6.12. The minimum absolute atomic E-state index is 0.0230. The first-order valence-corrected chi connectivity index (χ1v) is 11.6. The van der Waals surface area contributed by atoms with Gasteiger partial charge in [0, 0.05) is 70.0 Å². The molecule has 6 heteroatoms. The monoisotopic (exact) mass is 412 g/mol. The van der Waals surface area contributed by atoms with Crippen LogP contribution in [0.1, 0.15) is 52.0 Å². The van der Waals surface area contributed by atoms with Gasteiger partial charge < -0.3 is 9.80 Å². The lowest BCUT2D eigenvalue weighted by Gasteiger charge is -2.47. The molecule has 6 nitrogen and oxygen atoms in total. The van der Waals surface area contributed by atoms with Crippen molar-refractivity contribution in [2.75, 3.05) is 39.3 Å². The predicted octanol–water partition coefficient (Wildman–Crippen LogP) is 2.79. The Morgan fingerprint density at radius 2 is 1.93 bits per heavy atom. The lowest BCUT2D eigenvalue weighted by atomic mass is 9.60. The zero-order chi connectivity index (χ0) is 21.4. The maximum atomic E-state index is 13.6. The first-order valence-electron chi connectivity index (χ1n) is 11.6. The van der Waals surface area contributed by atoms with Crippen molar-refractivity contribution in [3.63, 3.8) is 0 Å². The van der Waals surface area contributed by atoms with Crippen molar-refractivity contribution in [3.8, 4) is 0 Å². The van der Waals surface area contributed by atoms with Crippen LogP contribution in [-0.2, 0) is 16.1 Å². The Morgan fingerprint density at radius 1 is 1.17 bits per heavy atom. The van der Waals surface area contributed by atoms with Gasteiger partial charge in [0.25, 0.3) is 0 Å². The number of likely N-dealkylation sites (tertiary alicyclic amines) is 3. The molecule has 0 N–H and O–H groups in total. The summed E-state index contributed by atoms with van der Waals surface area (Å²) in [5, 5.41) is 0. The fraction of sp³-hybridized carbons (Fsp3) is 0.708. The van der Waals surface area contributed by atoms with Crippen molar-refractivity contribution in [1.82, 2.24) is 19.7 Å². The van der Waals surface area contributed by atoms with Gasteiger partial charge in [0.05, 0.1) is 5.41 Å². The molecule has 1 unspecified atom stereocenters. The van der Waals surface area contributed by atoms with Gasteiger partial charge in [-0.3, -0.25) is 19.5 Å². The minimum Gasteiger partial charge on any atom is -0.343 e. The van der Waals surface area contributed by atoms with Crippen molar-refractivity contribution >= 4 is 11.8 Å². The van der Waals surface area contributed by atoms with Gasteiger partial charge in [-0.1, -0.05) is 19.9 Å². The summed E-state index contributed by atoms with van der Waals surface area (Å²) in [6.07, 6.45) is 7.17. The summed E-state index contributed by atoms with van der Waals surface area (Å²) in [7, 11) is 0. The number of nitrogens with zero attached hydrogens (tertiary/aromatic N) is 4. The summed E-state index contributed by atoms with van der Waals surface area (Å²) in [5.74, 6) is 1.00. The molecule has 2 amide bonds. The number of pyridine rings is 1. The van der Waals surface area contributed by atoms with E-state index in [0.29, 0.717) is 18.2 Å². The van der Waals surface area contributed by atoms with E-state index in [2.05, 4.69) is 36.7 Å². The van der Waals surface area contributed by atoms with E-state index >= 15 is 0 Å². The maximum Gasteiger partial charge on any atom is 0.230 e. The highest BCUT2D eigenvalue weighted by molar-refractivity contribution is 5.87. The van der Waals surface area contributed by atoms with Crippen molar-refractivity contribution in [3.05, 3.63) is 30.1 Å². The molecule has 0 aliphatic carbocycles. The highest BCUT2D eigenvalue weighted by Gasteiger charge is 2.64. The number of aromatic nitrogens is 1. The van der Waals surface area contributed by atoms with E-state index < -0.39 is 0 Å². The van der Waals surface area contributed by atoms with E-state index in [4.69, 9.17) is 0 Å². The summed E-state index contributed by atoms with van der Waals surface area (Å²) in [5.41, 5.74) is 0.885. The van der Waals surface area contributed by atoms with Crippen LogP contribution in [0.5, 0.6) is 0 Å². The number of carbonyl (C=O) groups excluding carboxylic acids is 2. The fourth-order valence-corrected chi connectivity index (χ4v) is 6.12. The third-order valence-corrected chi connectivity index (χ3v) is 7.71. The van der Waals surface area contributed by atoms with E-state index in [1.807, 2.05) is 22.1 Å². The number of hydrogen-bond donors (Lipinski definition) is 0. The molecule has 0 bridgehead atoms. The number of amides is 2. The van der Waals surface area contributed by atoms with E-state index in [9.17, 15) is 9.59 Å². The normalized spacial score (nSPS) is 26.5. The topological polar surface area (TPSA) is 56.8 Å². The first-order chi connectivity index (χ1) is 14.4. The van der Waals surface area contributed by atoms with Crippen molar-refractivity contribution in [1.29, 1.82) is 0 Å². The Labute approximate surface area is 180 Å². The molecular formula is C24H36N4O2. The molecular weight excluding hydrogens is 376 g/mol. The van der Waals surface area contributed by atoms with Gasteiger partial charge in [-0.05, 0) is 43.7 Å². The molecule has 4 rings (SSSR count). The third-order valence-electron chi connectivity index (χ3n) is 7.71. The number of carbonyl (C=O) groups is 2. The van der Waals surface area contributed by atoms with Gasteiger partial charge in [-0.15, -0.1) is 0 Å². The smallest absolute Gasteiger partial charge is 0.230 e. The zero-order valence-corrected chi connectivity index (χ0v) is 18.8. The molecule has 0 radical (unpaired) electrons. The van der Waals surface area contributed by atoms with Crippen LogP contribution in [0.3, 0.4) is 0 Å². The molecule has 1 aromatic heterocycles. The van der Waals surface area contributed by atoms with Crippen LogP contribution in [0.2, 0.25) is 0 Å². The Hall–Kier alpha value is -1.95. The van der Waals surface area contributed by atoms with Crippen LogP contribution in [-0.4, -0.2) is 70.8 Å². The average Bonchev–Trinajstić information content (AvgIpc) is 3.20. The van der Waals surface area contributed by atoms with Crippen LogP contribution < -0.4 is 0 Å². The van der Waals surface area contributed by atoms with Gasteiger partial charge in [0.2, 0.25) is 11.8 Å². The van der Waals surface area contributed by atoms with E-state index in [1.165, 1.54) is 5.56 Å². The molecule has 1 aromatic rings. The molecule has 2 spiro atoms. The van der Waals surface area contributed by atoms with E-state index in [0.717, 1.165) is 65.1 Å². The summed E-state index contributed by atoms with van der Waals surface area (Å²) < 4.78 is 0. The van der Waals surface area contributed by atoms with Gasteiger partial charge in [0.1, 0.15) is 0 Å². The Bertz CT molecular complexity index is 773. The quantitative estimate of drug-likeness (QED) is 0.746. The van der Waals surface area contributed by atoms with Crippen molar-refractivity contribution in [2.45, 2.75) is 53.0 Å². The van der Waals surface area contributed by atoms with E-state index in [1.54, 1.807) is 6.20 Å². The van der Waals surface area contributed by atoms with Gasteiger partial charge in [-0.2, -0.15) is 0 Å². The molecule has 3 aliphatic heterocycles. The first kappa shape index (κ1) is 21.3. The van der Waals surface area contributed by atoms with Gasteiger partial charge in [0.15, 0.2) is 0 Å². The Kier molecular flexibility index (Phi) is 5.88. The molecule has 0 aromatic carbocycles. The number of piperidine rings is 1. The maximum absolute atomic E-state index is 13.6. The van der Waals surface area contributed by atoms with Crippen LogP contribution in [0, 0.1) is 16.7 Å². The number of rotatable bonds is 5. The summed E-state index contributed by atoms with van der Waals surface area (Å²) in [4.78, 5) is 37.1. The van der Waals surface area contributed by atoms with Crippen LogP contribution in [0.15, 0.2) is 24.5 Å². The second kappa shape index (κ2) is 8.29.